The molecule has 1 amide bonds. The van der Waals surface area contributed by atoms with E-state index in [9.17, 15) is 13.2 Å². The summed E-state index contributed by atoms with van der Waals surface area (Å²) in [5.41, 5.74) is 1.45. The van der Waals surface area contributed by atoms with Crippen LogP contribution in [-0.2, 0) is 21.2 Å². The van der Waals surface area contributed by atoms with Gasteiger partial charge in [0, 0.05) is 25.1 Å². The van der Waals surface area contributed by atoms with Crippen LogP contribution in [0.25, 0.3) is 0 Å². The number of hydrogen-bond acceptors (Lipinski definition) is 7. The molecule has 3 aromatic rings. The Kier molecular flexibility index (Phi) is 6.66. The van der Waals surface area contributed by atoms with E-state index in [2.05, 4.69) is 15.5 Å². The zero-order chi connectivity index (χ0) is 22.7. The highest BCUT2D eigenvalue weighted by molar-refractivity contribution is 7.89. The summed E-state index contributed by atoms with van der Waals surface area (Å²) >= 11 is 1.31. The smallest absolute Gasteiger partial charge is 0.257 e. The molecule has 32 heavy (non-hydrogen) atoms. The fraction of sp³-hybridized carbons (Fsp3) is 0.318. The van der Waals surface area contributed by atoms with Crippen molar-refractivity contribution in [1.82, 2.24) is 14.5 Å². The highest BCUT2D eigenvalue weighted by Gasteiger charge is 2.32. The summed E-state index contributed by atoms with van der Waals surface area (Å²) in [5.74, 6) is -0.370. The van der Waals surface area contributed by atoms with Crippen LogP contribution >= 0.6 is 11.3 Å². The standard InChI is InChI=1S/C22H24N4O4S2/c1-15-13-26(14-16(2)30-15)32(28,29)19-10-8-18(9-11-19)21(27)23-22-25-24-20(31-22)12-17-6-4-3-5-7-17/h3-11,15-16H,12-14H2,1-2H3,(H,23,25,27)/t15-,16-/m1/s1. The monoisotopic (exact) mass is 472 g/mol. The van der Waals surface area contributed by atoms with Gasteiger partial charge in [-0.15, -0.1) is 10.2 Å². The molecule has 0 aliphatic carbocycles. The number of carbonyl (C=O) groups excluding carboxylic acids is 1. The van der Waals surface area contributed by atoms with Gasteiger partial charge in [-0.05, 0) is 43.7 Å². The van der Waals surface area contributed by atoms with Gasteiger partial charge in [0.2, 0.25) is 15.2 Å². The predicted molar refractivity (Wildman–Crippen MR) is 122 cm³/mol. The number of sulfonamides is 1. The summed E-state index contributed by atoms with van der Waals surface area (Å²) in [6, 6.07) is 15.8. The van der Waals surface area contributed by atoms with Crippen molar-refractivity contribution in [3.63, 3.8) is 0 Å². The predicted octanol–water partition coefficient (Wildman–Crippen LogP) is 3.18. The number of nitrogens with zero attached hydrogens (tertiary/aromatic N) is 3. The summed E-state index contributed by atoms with van der Waals surface area (Å²) in [4.78, 5) is 12.7. The molecular formula is C22H24N4O4S2. The lowest BCUT2D eigenvalue weighted by Gasteiger charge is -2.34. The highest BCUT2D eigenvalue weighted by Crippen LogP contribution is 2.23. The summed E-state index contributed by atoms with van der Waals surface area (Å²) in [6.07, 6.45) is 0.300. The molecule has 8 nitrogen and oxygen atoms in total. The van der Waals surface area contributed by atoms with Gasteiger partial charge in [0.05, 0.1) is 17.1 Å². The van der Waals surface area contributed by atoms with Gasteiger partial charge in [-0.2, -0.15) is 4.31 Å². The van der Waals surface area contributed by atoms with E-state index in [0.29, 0.717) is 30.2 Å². The Labute approximate surface area is 191 Å². The summed E-state index contributed by atoms with van der Waals surface area (Å²) < 4.78 is 33.0. The number of amides is 1. The molecule has 1 aliphatic heterocycles. The molecule has 1 saturated heterocycles. The van der Waals surface area contributed by atoms with E-state index < -0.39 is 10.0 Å². The van der Waals surface area contributed by atoms with Gasteiger partial charge in [0.15, 0.2) is 0 Å². The van der Waals surface area contributed by atoms with E-state index in [1.54, 1.807) is 0 Å². The molecule has 0 radical (unpaired) electrons. The molecule has 0 unspecified atom stereocenters. The SMILES string of the molecule is C[C@@H]1CN(S(=O)(=O)c2ccc(C(=O)Nc3nnc(Cc4ccccc4)s3)cc2)C[C@@H](C)O1. The molecule has 168 valence electrons. The third-order valence-electron chi connectivity index (χ3n) is 5.03. The van der Waals surface area contributed by atoms with Crippen molar-refractivity contribution in [3.8, 4) is 0 Å². The maximum absolute atomic E-state index is 13.0. The van der Waals surface area contributed by atoms with Gasteiger partial charge < -0.3 is 4.74 Å². The van der Waals surface area contributed by atoms with E-state index in [4.69, 9.17) is 4.74 Å². The lowest BCUT2D eigenvalue weighted by atomic mass is 10.2. The summed E-state index contributed by atoms with van der Waals surface area (Å²) in [6.45, 7) is 4.31. The third kappa shape index (κ3) is 5.21. The van der Waals surface area contributed by atoms with Gasteiger partial charge >= 0.3 is 0 Å². The largest absolute Gasteiger partial charge is 0.373 e. The Morgan fingerprint density at radius 2 is 1.72 bits per heavy atom. The minimum Gasteiger partial charge on any atom is -0.373 e. The molecule has 2 atom stereocenters. The quantitative estimate of drug-likeness (QED) is 0.591. The lowest BCUT2D eigenvalue weighted by Crippen LogP contribution is -2.48. The molecule has 2 aromatic carbocycles. The average molecular weight is 473 g/mol. The Hall–Kier alpha value is -2.66. The normalized spacial score (nSPS) is 19.6. The van der Waals surface area contributed by atoms with E-state index >= 15 is 0 Å². The Balaban J connectivity index is 1.41. The van der Waals surface area contributed by atoms with E-state index in [0.717, 1.165) is 10.6 Å². The van der Waals surface area contributed by atoms with Gasteiger partial charge in [-0.1, -0.05) is 41.7 Å². The van der Waals surface area contributed by atoms with Gasteiger partial charge in [-0.3, -0.25) is 10.1 Å². The second kappa shape index (κ2) is 9.45. The molecule has 10 heteroatoms. The van der Waals surface area contributed by atoms with Crippen LogP contribution in [0.4, 0.5) is 5.13 Å². The molecular weight excluding hydrogens is 448 g/mol. The molecule has 4 rings (SSSR count). The second-order valence-electron chi connectivity index (χ2n) is 7.72. The number of hydrogen-bond donors (Lipinski definition) is 1. The van der Waals surface area contributed by atoms with Crippen molar-refractivity contribution in [2.24, 2.45) is 0 Å². The maximum Gasteiger partial charge on any atom is 0.257 e. The van der Waals surface area contributed by atoms with Gasteiger partial charge in [0.25, 0.3) is 5.91 Å². The zero-order valence-electron chi connectivity index (χ0n) is 17.8. The van der Waals surface area contributed by atoms with Crippen LogP contribution in [0.1, 0.15) is 34.8 Å². The molecule has 0 bridgehead atoms. The number of ether oxygens (including phenoxy) is 1. The van der Waals surface area contributed by atoms with Crippen molar-refractivity contribution < 1.29 is 17.9 Å². The van der Waals surface area contributed by atoms with Crippen LogP contribution in [0, 0.1) is 0 Å². The Bertz CT molecular complexity index is 1170. The first-order valence-corrected chi connectivity index (χ1v) is 12.5. The minimum absolute atomic E-state index is 0.149. The van der Waals surface area contributed by atoms with Crippen molar-refractivity contribution in [3.05, 3.63) is 70.7 Å². The van der Waals surface area contributed by atoms with Crippen LogP contribution in [0.15, 0.2) is 59.5 Å². The molecule has 1 fully saturated rings. The van der Waals surface area contributed by atoms with E-state index in [-0.39, 0.29) is 23.0 Å². The number of anilines is 1. The molecule has 0 saturated carbocycles. The van der Waals surface area contributed by atoms with Gasteiger partial charge in [0.1, 0.15) is 5.01 Å². The number of carbonyl (C=O) groups is 1. The third-order valence-corrected chi connectivity index (χ3v) is 7.71. The van der Waals surface area contributed by atoms with Crippen molar-refractivity contribution in [2.75, 3.05) is 18.4 Å². The first-order chi connectivity index (χ1) is 15.3. The zero-order valence-corrected chi connectivity index (χ0v) is 19.4. The van der Waals surface area contributed by atoms with Crippen molar-refractivity contribution in [2.45, 2.75) is 37.4 Å². The Morgan fingerprint density at radius 3 is 2.38 bits per heavy atom. The topological polar surface area (TPSA) is 101 Å². The first-order valence-electron chi connectivity index (χ1n) is 10.2. The number of rotatable bonds is 6. The summed E-state index contributed by atoms with van der Waals surface area (Å²) in [5, 5.41) is 12.1. The number of aromatic nitrogens is 2. The van der Waals surface area contributed by atoms with Crippen LogP contribution in [-0.4, -0.2) is 54.1 Å². The number of morpholine rings is 1. The maximum atomic E-state index is 13.0. The lowest BCUT2D eigenvalue weighted by molar-refractivity contribution is -0.0440. The average Bonchev–Trinajstić information content (AvgIpc) is 3.20. The number of benzene rings is 2. The van der Waals surface area contributed by atoms with Crippen LogP contribution < -0.4 is 5.32 Å². The molecule has 0 spiro atoms. The van der Waals surface area contributed by atoms with E-state index in [1.165, 1.54) is 39.9 Å². The Morgan fingerprint density at radius 1 is 1.06 bits per heavy atom. The molecule has 2 heterocycles. The van der Waals surface area contributed by atoms with E-state index in [1.807, 2.05) is 44.2 Å². The fourth-order valence-corrected chi connectivity index (χ4v) is 5.93. The van der Waals surface area contributed by atoms with Crippen LogP contribution in [0.3, 0.4) is 0 Å². The molecule has 1 aromatic heterocycles. The second-order valence-corrected chi connectivity index (χ2v) is 10.7. The molecule has 1 N–H and O–H groups in total. The van der Waals surface area contributed by atoms with Crippen LogP contribution in [0.2, 0.25) is 0 Å². The fourth-order valence-electron chi connectivity index (χ4n) is 3.57. The minimum atomic E-state index is -3.65. The van der Waals surface area contributed by atoms with Crippen molar-refractivity contribution in [1.29, 1.82) is 0 Å². The highest BCUT2D eigenvalue weighted by atomic mass is 32.2. The van der Waals surface area contributed by atoms with Crippen LogP contribution in [0.5, 0.6) is 0 Å². The molecule has 1 aliphatic rings. The van der Waals surface area contributed by atoms with Gasteiger partial charge in [-0.25, -0.2) is 8.42 Å². The van der Waals surface area contributed by atoms with Crippen molar-refractivity contribution >= 4 is 32.4 Å². The first kappa shape index (κ1) is 22.5. The summed E-state index contributed by atoms with van der Waals surface area (Å²) in [7, 11) is -3.65. The number of nitrogens with one attached hydrogen (secondary N) is 1.